The molecule has 2 aromatic heterocycles. The smallest absolute Gasteiger partial charge is 0.407 e. The third-order valence-corrected chi connectivity index (χ3v) is 2.53. The highest BCUT2D eigenvalue weighted by atomic mass is 16.5. The SMILES string of the molecule is CCOC(=O)NCc1nc(-c2cccn2CC)no1. The van der Waals surface area contributed by atoms with E-state index in [0.717, 1.165) is 12.2 Å². The molecule has 0 aliphatic heterocycles. The average molecular weight is 264 g/mol. The quantitative estimate of drug-likeness (QED) is 0.890. The molecule has 0 radical (unpaired) electrons. The van der Waals surface area contributed by atoms with Crippen molar-refractivity contribution in [1.82, 2.24) is 20.0 Å². The van der Waals surface area contributed by atoms with Crippen molar-refractivity contribution in [1.29, 1.82) is 0 Å². The summed E-state index contributed by atoms with van der Waals surface area (Å²) in [7, 11) is 0. The summed E-state index contributed by atoms with van der Waals surface area (Å²) in [6.45, 7) is 5.08. The number of aromatic nitrogens is 3. The molecule has 0 bridgehead atoms. The normalized spacial score (nSPS) is 10.4. The molecule has 0 aliphatic carbocycles. The lowest BCUT2D eigenvalue weighted by Crippen LogP contribution is -2.23. The largest absolute Gasteiger partial charge is 0.450 e. The number of carbonyl (C=O) groups excluding carboxylic acids is 1. The highest BCUT2D eigenvalue weighted by Gasteiger charge is 2.12. The molecule has 0 unspecified atom stereocenters. The monoisotopic (exact) mass is 264 g/mol. The fourth-order valence-corrected chi connectivity index (χ4v) is 1.65. The number of amides is 1. The molecule has 0 fully saturated rings. The van der Waals surface area contributed by atoms with E-state index in [1.165, 1.54) is 0 Å². The number of rotatable bonds is 5. The fourth-order valence-electron chi connectivity index (χ4n) is 1.65. The molecule has 2 rings (SSSR count). The van der Waals surface area contributed by atoms with Crippen molar-refractivity contribution in [2.75, 3.05) is 6.61 Å². The second-order valence-electron chi connectivity index (χ2n) is 3.77. The van der Waals surface area contributed by atoms with Gasteiger partial charge in [-0.25, -0.2) is 4.79 Å². The van der Waals surface area contributed by atoms with E-state index in [1.807, 2.05) is 29.8 Å². The van der Waals surface area contributed by atoms with Crippen LogP contribution in [0, 0.1) is 0 Å². The number of alkyl carbamates (subject to hydrolysis) is 1. The molecule has 0 spiro atoms. The lowest BCUT2D eigenvalue weighted by Gasteiger charge is -2.01. The third kappa shape index (κ3) is 3.12. The van der Waals surface area contributed by atoms with Crippen LogP contribution < -0.4 is 5.32 Å². The molecule has 0 atom stereocenters. The molecule has 19 heavy (non-hydrogen) atoms. The van der Waals surface area contributed by atoms with Gasteiger partial charge in [-0.15, -0.1) is 0 Å². The molecular formula is C12H16N4O3. The predicted molar refractivity (Wildman–Crippen MR) is 67.3 cm³/mol. The molecule has 0 saturated carbocycles. The van der Waals surface area contributed by atoms with Gasteiger partial charge in [0, 0.05) is 12.7 Å². The van der Waals surface area contributed by atoms with E-state index in [-0.39, 0.29) is 6.54 Å². The minimum absolute atomic E-state index is 0.151. The molecule has 2 aromatic rings. The Morgan fingerprint density at radius 3 is 3.11 bits per heavy atom. The van der Waals surface area contributed by atoms with Crippen molar-refractivity contribution in [3.05, 3.63) is 24.2 Å². The maximum atomic E-state index is 11.1. The summed E-state index contributed by atoms with van der Waals surface area (Å²) in [5.41, 5.74) is 0.883. The average Bonchev–Trinajstić information content (AvgIpc) is 3.05. The summed E-state index contributed by atoms with van der Waals surface area (Å²) in [5, 5.41) is 6.42. The van der Waals surface area contributed by atoms with E-state index >= 15 is 0 Å². The van der Waals surface area contributed by atoms with Crippen molar-refractivity contribution < 1.29 is 14.1 Å². The summed E-state index contributed by atoms with van der Waals surface area (Å²) >= 11 is 0. The molecule has 7 heteroatoms. The lowest BCUT2D eigenvalue weighted by molar-refractivity contribution is 0.150. The van der Waals surface area contributed by atoms with Gasteiger partial charge in [0.25, 0.3) is 0 Å². The Bertz CT molecular complexity index is 547. The maximum Gasteiger partial charge on any atom is 0.407 e. The number of hydrogen-bond donors (Lipinski definition) is 1. The number of carbonyl (C=O) groups is 1. The molecule has 1 amide bonds. The van der Waals surface area contributed by atoms with Crippen LogP contribution in [0.25, 0.3) is 11.5 Å². The number of nitrogens with zero attached hydrogens (tertiary/aromatic N) is 3. The van der Waals surface area contributed by atoms with E-state index in [9.17, 15) is 4.79 Å². The lowest BCUT2D eigenvalue weighted by atomic mass is 10.4. The van der Waals surface area contributed by atoms with Gasteiger partial charge in [0.05, 0.1) is 12.3 Å². The van der Waals surface area contributed by atoms with Crippen molar-refractivity contribution in [2.24, 2.45) is 0 Å². The predicted octanol–water partition coefficient (Wildman–Crippen LogP) is 1.80. The first kappa shape index (κ1) is 13.1. The molecule has 0 aromatic carbocycles. The zero-order valence-corrected chi connectivity index (χ0v) is 10.9. The van der Waals surface area contributed by atoms with Crippen molar-refractivity contribution >= 4 is 6.09 Å². The van der Waals surface area contributed by atoms with E-state index in [4.69, 9.17) is 9.26 Å². The van der Waals surface area contributed by atoms with Crippen LogP contribution in [-0.4, -0.2) is 27.4 Å². The minimum Gasteiger partial charge on any atom is -0.450 e. The van der Waals surface area contributed by atoms with Crippen LogP contribution in [0.2, 0.25) is 0 Å². The van der Waals surface area contributed by atoms with Gasteiger partial charge in [-0.3, -0.25) is 0 Å². The summed E-state index contributed by atoms with van der Waals surface area (Å²) in [6, 6.07) is 3.84. The first-order valence-electron chi connectivity index (χ1n) is 6.13. The van der Waals surface area contributed by atoms with Crippen LogP contribution in [0.3, 0.4) is 0 Å². The van der Waals surface area contributed by atoms with E-state index in [1.54, 1.807) is 6.92 Å². The standard InChI is InChI=1S/C12H16N4O3/c1-3-16-7-5-6-9(16)11-14-10(19-15-11)8-13-12(17)18-4-2/h5-7H,3-4,8H2,1-2H3,(H,13,17). The van der Waals surface area contributed by atoms with Crippen LogP contribution in [0.15, 0.2) is 22.9 Å². The van der Waals surface area contributed by atoms with Crippen LogP contribution in [0.4, 0.5) is 4.79 Å². The fraction of sp³-hybridized carbons (Fsp3) is 0.417. The maximum absolute atomic E-state index is 11.1. The van der Waals surface area contributed by atoms with Crippen LogP contribution in [-0.2, 0) is 17.8 Å². The van der Waals surface area contributed by atoms with Gasteiger partial charge in [0.1, 0.15) is 6.54 Å². The van der Waals surface area contributed by atoms with Crippen LogP contribution >= 0.6 is 0 Å². The highest BCUT2D eigenvalue weighted by Crippen LogP contribution is 2.16. The van der Waals surface area contributed by atoms with Gasteiger partial charge in [-0.05, 0) is 26.0 Å². The van der Waals surface area contributed by atoms with Gasteiger partial charge >= 0.3 is 6.09 Å². The van der Waals surface area contributed by atoms with Crippen LogP contribution in [0.1, 0.15) is 19.7 Å². The third-order valence-electron chi connectivity index (χ3n) is 2.53. The Hall–Kier alpha value is -2.31. The molecule has 7 nitrogen and oxygen atoms in total. The van der Waals surface area contributed by atoms with Crippen molar-refractivity contribution in [2.45, 2.75) is 26.9 Å². The van der Waals surface area contributed by atoms with Crippen molar-refractivity contribution in [3.63, 3.8) is 0 Å². The van der Waals surface area contributed by atoms with Crippen molar-refractivity contribution in [3.8, 4) is 11.5 Å². The Kier molecular flexibility index (Phi) is 4.17. The van der Waals surface area contributed by atoms with E-state index < -0.39 is 6.09 Å². The molecule has 1 N–H and O–H groups in total. The van der Waals surface area contributed by atoms with Gasteiger partial charge < -0.3 is 19.1 Å². The minimum atomic E-state index is -0.501. The summed E-state index contributed by atoms with van der Waals surface area (Å²) in [6.07, 6.45) is 1.45. The second kappa shape index (κ2) is 6.03. The topological polar surface area (TPSA) is 82.2 Å². The number of ether oxygens (including phenoxy) is 1. The molecule has 2 heterocycles. The Morgan fingerprint density at radius 2 is 2.37 bits per heavy atom. The molecule has 102 valence electrons. The van der Waals surface area contributed by atoms with E-state index in [2.05, 4.69) is 15.5 Å². The first-order valence-corrected chi connectivity index (χ1v) is 6.13. The van der Waals surface area contributed by atoms with Gasteiger partial charge in [-0.2, -0.15) is 4.98 Å². The molecular weight excluding hydrogens is 248 g/mol. The summed E-state index contributed by atoms with van der Waals surface area (Å²) < 4.78 is 11.8. The Labute approximate surface area is 110 Å². The number of nitrogens with one attached hydrogen (secondary N) is 1. The van der Waals surface area contributed by atoms with Gasteiger partial charge in [0.2, 0.25) is 11.7 Å². The zero-order valence-electron chi connectivity index (χ0n) is 10.9. The highest BCUT2D eigenvalue weighted by molar-refractivity contribution is 5.66. The first-order chi connectivity index (χ1) is 9.24. The number of aryl methyl sites for hydroxylation is 1. The second-order valence-corrected chi connectivity index (χ2v) is 3.77. The molecule has 0 aliphatic rings. The summed E-state index contributed by atoms with van der Waals surface area (Å²) in [5.74, 6) is 0.847. The zero-order chi connectivity index (χ0) is 13.7. The van der Waals surface area contributed by atoms with Crippen LogP contribution in [0.5, 0.6) is 0 Å². The molecule has 0 saturated heterocycles. The Balaban J connectivity index is 2.01. The van der Waals surface area contributed by atoms with Gasteiger partial charge in [-0.1, -0.05) is 5.16 Å². The Morgan fingerprint density at radius 1 is 1.53 bits per heavy atom. The van der Waals surface area contributed by atoms with E-state index in [0.29, 0.717) is 18.3 Å². The van der Waals surface area contributed by atoms with Gasteiger partial charge in [0.15, 0.2) is 0 Å². The summed E-state index contributed by atoms with van der Waals surface area (Å²) in [4.78, 5) is 15.3. The number of hydrogen-bond acceptors (Lipinski definition) is 5.